The molecule has 0 aliphatic rings. The summed E-state index contributed by atoms with van der Waals surface area (Å²) in [6.07, 6.45) is -3.88. The monoisotopic (exact) mass is 523 g/mol. The van der Waals surface area contributed by atoms with Crippen molar-refractivity contribution in [2.45, 2.75) is 19.3 Å². The summed E-state index contributed by atoms with van der Waals surface area (Å²) in [7, 11) is 3.99. The molecule has 0 saturated carbocycles. The van der Waals surface area contributed by atoms with Gasteiger partial charge in [-0.05, 0) is 50.8 Å². The summed E-state index contributed by atoms with van der Waals surface area (Å²) in [5, 5.41) is 6.48. The Balaban J connectivity index is 1.85. The molecule has 10 heteroatoms. The normalized spacial score (nSPS) is 11.5. The van der Waals surface area contributed by atoms with Crippen molar-refractivity contribution in [3.8, 4) is 17.0 Å². The molecule has 0 bridgehead atoms. The minimum atomic E-state index is -4.76. The third kappa shape index (κ3) is 8.21. The first-order chi connectivity index (χ1) is 15.7. The number of rotatable bonds is 10. The minimum Gasteiger partial charge on any atom is -0.406 e. The van der Waals surface area contributed by atoms with Crippen molar-refractivity contribution >= 4 is 27.7 Å². The van der Waals surface area contributed by atoms with E-state index in [1.807, 2.05) is 38.4 Å². The first kappa shape index (κ1) is 24.8. The number of hydrogen-bond acceptors (Lipinski definition) is 6. The van der Waals surface area contributed by atoms with Crippen molar-refractivity contribution < 1.29 is 17.9 Å². The highest BCUT2D eigenvalue weighted by atomic mass is 79.9. The van der Waals surface area contributed by atoms with Gasteiger partial charge in [0.1, 0.15) is 11.6 Å². The van der Waals surface area contributed by atoms with Gasteiger partial charge in [-0.1, -0.05) is 46.3 Å². The van der Waals surface area contributed by atoms with Gasteiger partial charge < -0.3 is 20.3 Å². The van der Waals surface area contributed by atoms with Crippen LogP contribution in [0.1, 0.15) is 12.0 Å². The topological polar surface area (TPSA) is 62.3 Å². The molecular formula is C23H25BrF3N5O. The molecule has 1 heterocycles. The molecule has 0 aliphatic heterocycles. The molecule has 0 fully saturated rings. The van der Waals surface area contributed by atoms with E-state index >= 15 is 0 Å². The largest absolute Gasteiger partial charge is 0.573 e. The molecule has 3 rings (SSSR count). The summed E-state index contributed by atoms with van der Waals surface area (Å²) in [5.41, 5.74) is 2.00. The van der Waals surface area contributed by atoms with Crippen molar-refractivity contribution in [2.75, 3.05) is 37.8 Å². The zero-order chi connectivity index (χ0) is 23.8. The van der Waals surface area contributed by atoms with Crippen LogP contribution in [0.2, 0.25) is 0 Å². The fraction of sp³-hybridized carbons (Fsp3) is 0.304. The lowest BCUT2D eigenvalue weighted by atomic mass is 10.1. The average Bonchev–Trinajstić information content (AvgIpc) is 2.75. The average molecular weight is 524 g/mol. The van der Waals surface area contributed by atoms with E-state index < -0.39 is 6.36 Å². The molecule has 0 amide bonds. The van der Waals surface area contributed by atoms with Crippen molar-refractivity contribution in [2.24, 2.45) is 0 Å². The quantitative estimate of drug-likeness (QED) is 0.328. The van der Waals surface area contributed by atoms with Crippen LogP contribution in [0.4, 0.5) is 24.9 Å². The number of nitrogens with zero attached hydrogens (tertiary/aromatic N) is 3. The fourth-order valence-electron chi connectivity index (χ4n) is 3.04. The van der Waals surface area contributed by atoms with Crippen LogP contribution >= 0.6 is 15.9 Å². The third-order valence-corrected chi connectivity index (χ3v) is 5.35. The first-order valence-corrected chi connectivity index (χ1v) is 11.1. The number of anilines is 2. The first-order valence-electron chi connectivity index (χ1n) is 10.3. The highest BCUT2D eigenvalue weighted by molar-refractivity contribution is 9.10. The molecule has 2 N–H and O–H groups in total. The molecule has 0 saturated heterocycles. The summed E-state index contributed by atoms with van der Waals surface area (Å²) in [6, 6.07) is 15.3. The number of benzene rings is 2. The van der Waals surface area contributed by atoms with Gasteiger partial charge in [-0.3, -0.25) is 0 Å². The predicted octanol–water partition coefficient (Wildman–Crippen LogP) is 5.78. The Morgan fingerprint density at radius 1 is 1.00 bits per heavy atom. The lowest BCUT2D eigenvalue weighted by Gasteiger charge is -2.14. The SMILES string of the molecule is CN(C)CCCNc1nc(NCc2ccccc2Br)cc(-c2cccc(OC(F)(F)F)c2)n1. The number of hydrogen-bond donors (Lipinski definition) is 2. The van der Waals surface area contributed by atoms with Gasteiger partial charge in [0.25, 0.3) is 0 Å². The Kier molecular flexibility index (Phi) is 8.51. The van der Waals surface area contributed by atoms with Crippen molar-refractivity contribution in [3.63, 3.8) is 0 Å². The van der Waals surface area contributed by atoms with Gasteiger partial charge in [0.05, 0.1) is 5.69 Å². The summed E-state index contributed by atoms with van der Waals surface area (Å²) in [5.74, 6) is 0.637. The van der Waals surface area contributed by atoms with E-state index in [9.17, 15) is 13.2 Å². The van der Waals surface area contributed by atoms with Crippen LogP contribution in [-0.4, -0.2) is 48.4 Å². The smallest absolute Gasteiger partial charge is 0.406 e. The van der Waals surface area contributed by atoms with E-state index in [2.05, 4.69) is 46.2 Å². The molecule has 6 nitrogen and oxygen atoms in total. The van der Waals surface area contributed by atoms with E-state index in [0.29, 0.717) is 36.1 Å². The highest BCUT2D eigenvalue weighted by Gasteiger charge is 2.31. The second-order valence-corrected chi connectivity index (χ2v) is 8.42. The molecule has 0 spiro atoms. The van der Waals surface area contributed by atoms with Gasteiger partial charge >= 0.3 is 6.36 Å². The lowest BCUT2D eigenvalue weighted by Crippen LogP contribution is -2.17. The number of alkyl halides is 3. The van der Waals surface area contributed by atoms with Crippen LogP contribution in [0.5, 0.6) is 5.75 Å². The Hall–Kier alpha value is -2.85. The van der Waals surface area contributed by atoms with Gasteiger partial charge in [0, 0.05) is 29.2 Å². The van der Waals surface area contributed by atoms with E-state index in [1.165, 1.54) is 18.2 Å². The minimum absolute atomic E-state index is 0.304. The molecule has 0 atom stereocenters. The molecule has 0 unspecified atom stereocenters. The van der Waals surface area contributed by atoms with Crippen molar-refractivity contribution in [1.29, 1.82) is 0 Å². The molecule has 1 aromatic heterocycles. The molecule has 2 aromatic carbocycles. The summed E-state index contributed by atoms with van der Waals surface area (Å²) in [4.78, 5) is 11.1. The van der Waals surface area contributed by atoms with Gasteiger partial charge in [-0.2, -0.15) is 4.98 Å². The summed E-state index contributed by atoms with van der Waals surface area (Å²) < 4.78 is 43.0. The second-order valence-electron chi connectivity index (χ2n) is 7.57. The maximum absolute atomic E-state index is 12.7. The molecule has 0 aliphatic carbocycles. The van der Waals surface area contributed by atoms with E-state index in [4.69, 9.17) is 0 Å². The zero-order valence-corrected chi connectivity index (χ0v) is 19.9. The van der Waals surface area contributed by atoms with E-state index in [-0.39, 0.29) is 5.75 Å². The lowest BCUT2D eigenvalue weighted by molar-refractivity contribution is -0.274. The Morgan fingerprint density at radius 2 is 1.79 bits per heavy atom. The standard InChI is InChI=1S/C23H25BrF3N5O/c1-32(2)12-6-11-28-22-30-20(16-8-5-9-18(13-16)33-23(25,26)27)14-21(31-22)29-15-17-7-3-4-10-19(17)24/h3-5,7-10,13-14H,6,11-12,15H2,1-2H3,(H2,28,29,30,31). The van der Waals surface area contributed by atoms with Gasteiger partial charge in [-0.25, -0.2) is 4.98 Å². The molecule has 33 heavy (non-hydrogen) atoms. The fourth-order valence-corrected chi connectivity index (χ4v) is 3.47. The van der Waals surface area contributed by atoms with Crippen LogP contribution < -0.4 is 15.4 Å². The number of halogens is 4. The van der Waals surface area contributed by atoms with Crippen LogP contribution in [0.25, 0.3) is 11.3 Å². The van der Waals surface area contributed by atoms with Gasteiger partial charge in [-0.15, -0.1) is 13.2 Å². The van der Waals surface area contributed by atoms with Crippen LogP contribution in [0, 0.1) is 0 Å². The van der Waals surface area contributed by atoms with Crippen molar-refractivity contribution in [1.82, 2.24) is 14.9 Å². The van der Waals surface area contributed by atoms with Crippen LogP contribution in [0.3, 0.4) is 0 Å². The van der Waals surface area contributed by atoms with Crippen LogP contribution in [-0.2, 0) is 6.54 Å². The van der Waals surface area contributed by atoms with Gasteiger partial charge in [0.2, 0.25) is 5.95 Å². The zero-order valence-electron chi connectivity index (χ0n) is 18.3. The van der Waals surface area contributed by atoms with E-state index in [1.54, 1.807) is 12.1 Å². The third-order valence-electron chi connectivity index (χ3n) is 4.57. The number of aromatic nitrogens is 2. The summed E-state index contributed by atoms with van der Waals surface area (Å²) in [6.45, 7) is 2.06. The maximum atomic E-state index is 12.7. The van der Waals surface area contributed by atoms with Crippen molar-refractivity contribution in [3.05, 3.63) is 64.6 Å². The van der Waals surface area contributed by atoms with Gasteiger partial charge in [0.15, 0.2) is 0 Å². The maximum Gasteiger partial charge on any atom is 0.573 e. The second kappa shape index (κ2) is 11.3. The van der Waals surface area contributed by atoms with Crippen LogP contribution in [0.15, 0.2) is 59.1 Å². The number of ether oxygens (including phenoxy) is 1. The Bertz CT molecular complexity index is 1060. The highest BCUT2D eigenvalue weighted by Crippen LogP contribution is 2.29. The Labute approximate surface area is 199 Å². The Morgan fingerprint density at radius 3 is 2.52 bits per heavy atom. The molecule has 3 aromatic rings. The summed E-state index contributed by atoms with van der Waals surface area (Å²) >= 11 is 3.53. The van der Waals surface area contributed by atoms with E-state index in [0.717, 1.165) is 23.0 Å². The molecule has 0 radical (unpaired) electrons. The molecule has 176 valence electrons. The molecular weight excluding hydrogens is 499 g/mol. The number of nitrogens with one attached hydrogen (secondary N) is 2. The predicted molar refractivity (Wildman–Crippen MR) is 127 cm³/mol.